The Balaban J connectivity index is 1.24. The van der Waals surface area contributed by atoms with E-state index in [4.69, 9.17) is 0 Å². The van der Waals surface area contributed by atoms with Gasteiger partial charge in [-0.05, 0) is 44.4 Å². The Labute approximate surface area is 150 Å². The van der Waals surface area contributed by atoms with E-state index in [-0.39, 0.29) is 0 Å². The van der Waals surface area contributed by atoms with Crippen LogP contribution in [-0.2, 0) is 19.4 Å². The van der Waals surface area contributed by atoms with Crippen LogP contribution in [0.25, 0.3) is 0 Å². The van der Waals surface area contributed by atoms with Gasteiger partial charge in [0.1, 0.15) is 11.6 Å². The number of para-hydroxylation sites is 1. The molecule has 1 aromatic heterocycles. The van der Waals surface area contributed by atoms with E-state index in [0.29, 0.717) is 0 Å². The van der Waals surface area contributed by atoms with Gasteiger partial charge in [-0.3, -0.25) is 4.90 Å². The minimum Gasteiger partial charge on any atom is -0.369 e. The first-order chi connectivity index (χ1) is 12.3. The SMILES string of the molecule is Cc1ccccc1N1CCN(CCCc2nnc3n2CCCC3)CC1. The van der Waals surface area contributed by atoms with E-state index >= 15 is 0 Å². The molecule has 0 spiro atoms. The van der Waals surface area contributed by atoms with Crippen LogP contribution in [0.15, 0.2) is 24.3 Å². The van der Waals surface area contributed by atoms with Crippen LogP contribution in [0.1, 0.15) is 36.5 Å². The number of aryl methyl sites for hydroxylation is 3. The number of hydrogen-bond acceptors (Lipinski definition) is 4. The second kappa shape index (κ2) is 7.56. The van der Waals surface area contributed by atoms with Crippen LogP contribution in [0.3, 0.4) is 0 Å². The molecule has 0 saturated carbocycles. The highest BCUT2D eigenvalue weighted by molar-refractivity contribution is 5.53. The fourth-order valence-corrected chi connectivity index (χ4v) is 4.14. The first-order valence-corrected chi connectivity index (χ1v) is 9.75. The Bertz CT molecular complexity index is 700. The molecule has 2 aliphatic rings. The number of fused-ring (bicyclic) bond motifs is 1. The average Bonchev–Trinajstić information content (AvgIpc) is 3.06. The third-order valence-corrected chi connectivity index (χ3v) is 5.64. The van der Waals surface area contributed by atoms with Crippen LogP contribution in [-0.4, -0.2) is 52.4 Å². The fourth-order valence-electron chi connectivity index (χ4n) is 4.14. The lowest BCUT2D eigenvalue weighted by Crippen LogP contribution is -2.46. The van der Waals surface area contributed by atoms with Gasteiger partial charge in [0.2, 0.25) is 0 Å². The average molecular weight is 339 g/mol. The zero-order valence-electron chi connectivity index (χ0n) is 15.3. The van der Waals surface area contributed by atoms with Gasteiger partial charge in [0.25, 0.3) is 0 Å². The van der Waals surface area contributed by atoms with Crippen LogP contribution < -0.4 is 4.90 Å². The number of nitrogens with zero attached hydrogens (tertiary/aromatic N) is 5. The Hall–Kier alpha value is -1.88. The van der Waals surface area contributed by atoms with Gasteiger partial charge < -0.3 is 9.47 Å². The maximum atomic E-state index is 4.43. The minimum atomic E-state index is 1.06. The molecule has 0 aliphatic carbocycles. The van der Waals surface area contributed by atoms with Gasteiger partial charge in [-0.25, -0.2) is 0 Å². The molecule has 2 aromatic rings. The van der Waals surface area contributed by atoms with Crippen molar-refractivity contribution in [2.24, 2.45) is 0 Å². The van der Waals surface area contributed by atoms with Gasteiger partial charge in [0.05, 0.1) is 0 Å². The summed E-state index contributed by atoms with van der Waals surface area (Å²) in [5.41, 5.74) is 2.78. The maximum absolute atomic E-state index is 4.43. The summed E-state index contributed by atoms with van der Waals surface area (Å²) in [7, 11) is 0. The number of anilines is 1. The zero-order valence-corrected chi connectivity index (χ0v) is 15.3. The molecule has 5 nitrogen and oxygen atoms in total. The van der Waals surface area contributed by atoms with E-state index in [1.807, 2.05) is 0 Å². The van der Waals surface area contributed by atoms with Gasteiger partial charge in [-0.15, -0.1) is 10.2 Å². The van der Waals surface area contributed by atoms with Crippen LogP contribution in [0.4, 0.5) is 5.69 Å². The molecule has 0 unspecified atom stereocenters. The maximum Gasteiger partial charge on any atom is 0.133 e. The smallest absolute Gasteiger partial charge is 0.133 e. The van der Waals surface area contributed by atoms with Gasteiger partial charge >= 0.3 is 0 Å². The Kier molecular flexibility index (Phi) is 5.02. The van der Waals surface area contributed by atoms with Crippen LogP contribution >= 0.6 is 0 Å². The summed E-state index contributed by atoms with van der Waals surface area (Å²) in [6.07, 6.45) is 5.89. The highest BCUT2D eigenvalue weighted by Gasteiger charge is 2.19. The van der Waals surface area contributed by atoms with E-state index < -0.39 is 0 Å². The lowest BCUT2D eigenvalue weighted by molar-refractivity contribution is 0.254. The molecule has 134 valence electrons. The summed E-state index contributed by atoms with van der Waals surface area (Å²) in [6.45, 7) is 9.08. The van der Waals surface area contributed by atoms with Crippen LogP contribution in [0.2, 0.25) is 0 Å². The van der Waals surface area contributed by atoms with Crippen LogP contribution in [0.5, 0.6) is 0 Å². The highest BCUT2D eigenvalue weighted by Crippen LogP contribution is 2.21. The third kappa shape index (κ3) is 3.71. The van der Waals surface area contributed by atoms with Gasteiger partial charge in [-0.2, -0.15) is 0 Å². The summed E-state index contributed by atoms with van der Waals surface area (Å²) in [6, 6.07) is 8.73. The van der Waals surface area contributed by atoms with Crippen molar-refractivity contribution in [1.82, 2.24) is 19.7 Å². The summed E-state index contributed by atoms with van der Waals surface area (Å²) in [5.74, 6) is 2.40. The van der Waals surface area contributed by atoms with E-state index in [0.717, 1.165) is 45.6 Å². The van der Waals surface area contributed by atoms with Gasteiger partial charge in [0.15, 0.2) is 0 Å². The molecular weight excluding hydrogens is 310 g/mol. The summed E-state index contributed by atoms with van der Waals surface area (Å²) < 4.78 is 2.36. The van der Waals surface area contributed by atoms with Crippen molar-refractivity contribution in [2.45, 2.75) is 45.6 Å². The number of aromatic nitrogens is 3. The zero-order chi connectivity index (χ0) is 17.1. The second-order valence-corrected chi connectivity index (χ2v) is 7.36. The number of benzene rings is 1. The van der Waals surface area contributed by atoms with Crippen molar-refractivity contribution < 1.29 is 0 Å². The van der Waals surface area contributed by atoms with E-state index in [1.165, 1.54) is 48.7 Å². The molecule has 1 aromatic carbocycles. The summed E-state index contributed by atoms with van der Waals surface area (Å²) in [4.78, 5) is 5.13. The lowest BCUT2D eigenvalue weighted by atomic mass is 10.1. The van der Waals surface area contributed by atoms with Crippen molar-refractivity contribution >= 4 is 5.69 Å². The van der Waals surface area contributed by atoms with Crippen molar-refractivity contribution in [3.63, 3.8) is 0 Å². The molecule has 3 heterocycles. The molecule has 25 heavy (non-hydrogen) atoms. The summed E-state index contributed by atoms with van der Waals surface area (Å²) in [5, 5.41) is 8.79. The molecule has 5 heteroatoms. The molecular formula is C20H29N5. The van der Waals surface area contributed by atoms with E-state index in [2.05, 4.69) is 55.8 Å². The van der Waals surface area contributed by atoms with Crippen LogP contribution in [0, 0.1) is 6.92 Å². The number of piperazine rings is 1. The largest absolute Gasteiger partial charge is 0.369 e. The highest BCUT2D eigenvalue weighted by atomic mass is 15.3. The van der Waals surface area contributed by atoms with Crippen molar-refractivity contribution in [2.75, 3.05) is 37.6 Å². The minimum absolute atomic E-state index is 1.06. The topological polar surface area (TPSA) is 37.2 Å². The van der Waals surface area contributed by atoms with E-state index in [9.17, 15) is 0 Å². The Morgan fingerprint density at radius 1 is 0.960 bits per heavy atom. The molecule has 1 saturated heterocycles. The van der Waals surface area contributed by atoms with Crippen molar-refractivity contribution in [3.8, 4) is 0 Å². The first-order valence-electron chi connectivity index (χ1n) is 9.75. The summed E-state index contributed by atoms with van der Waals surface area (Å²) >= 11 is 0. The van der Waals surface area contributed by atoms with Gasteiger partial charge in [0, 0.05) is 51.3 Å². The molecule has 4 rings (SSSR count). The van der Waals surface area contributed by atoms with E-state index in [1.54, 1.807) is 0 Å². The molecule has 0 bridgehead atoms. The fraction of sp³-hybridized carbons (Fsp3) is 0.600. The quantitative estimate of drug-likeness (QED) is 0.839. The number of hydrogen-bond donors (Lipinski definition) is 0. The molecule has 0 atom stereocenters. The second-order valence-electron chi connectivity index (χ2n) is 7.36. The molecule has 2 aliphatic heterocycles. The molecule has 0 amide bonds. The molecule has 0 N–H and O–H groups in total. The predicted octanol–water partition coefficient (Wildman–Crippen LogP) is 2.68. The van der Waals surface area contributed by atoms with Crippen molar-refractivity contribution in [3.05, 3.63) is 41.5 Å². The molecule has 1 fully saturated rings. The lowest BCUT2D eigenvalue weighted by Gasteiger charge is -2.36. The first kappa shape index (κ1) is 16.6. The monoisotopic (exact) mass is 339 g/mol. The van der Waals surface area contributed by atoms with Gasteiger partial charge in [-0.1, -0.05) is 18.2 Å². The van der Waals surface area contributed by atoms with Crippen molar-refractivity contribution in [1.29, 1.82) is 0 Å². The number of rotatable bonds is 5. The third-order valence-electron chi connectivity index (χ3n) is 5.64. The normalized spacial score (nSPS) is 18.4. The Morgan fingerprint density at radius 3 is 2.64 bits per heavy atom. The standard InChI is InChI=1S/C20H29N5/c1-17-7-2-3-8-18(17)24-15-13-23(14-16-24)11-6-10-20-22-21-19-9-4-5-12-25(19)20/h2-3,7-8H,4-6,9-16H2,1H3. The Morgan fingerprint density at radius 2 is 1.80 bits per heavy atom. The predicted molar refractivity (Wildman–Crippen MR) is 101 cm³/mol. The molecule has 0 radical (unpaired) electrons.